The molecule has 1 aliphatic heterocycles. The molecule has 28 heavy (non-hydrogen) atoms. The summed E-state index contributed by atoms with van der Waals surface area (Å²) in [4.78, 5) is 33.5. The SMILES string of the molecule is Cc1nc(-c2cccs2)sc1C(=O)N1CCCCC1CNC(=O)OC(C)(C)C. The third kappa shape index (κ3) is 5.11. The number of aromatic nitrogens is 1. The van der Waals surface area contributed by atoms with E-state index in [9.17, 15) is 9.59 Å². The Morgan fingerprint density at radius 2 is 2.14 bits per heavy atom. The summed E-state index contributed by atoms with van der Waals surface area (Å²) in [7, 11) is 0. The molecule has 2 aromatic heterocycles. The predicted molar refractivity (Wildman–Crippen MR) is 113 cm³/mol. The molecule has 1 unspecified atom stereocenters. The van der Waals surface area contributed by atoms with Crippen molar-refractivity contribution in [3.63, 3.8) is 0 Å². The van der Waals surface area contributed by atoms with Gasteiger partial charge in [0.2, 0.25) is 0 Å². The van der Waals surface area contributed by atoms with E-state index in [1.165, 1.54) is 11.3 Å². The zero-order valence-corrected chi connectivity index (χ0v) is 18.4. The van der Waals surface area contributed by atoms with Crippen LogP contribution in [-0.2, 0) is 4.74 Å². The second kappa shape index (κ2) is 8.61. The van der Waals surface area contributed by atoms with Gasteiger partial charge >= 0.3 is 6.09 Å². The standard InChI is InChI=1S/C20H27N3O3S2/c1-13-16(28-17(22-13)15-9-7-11-27-15)18(24)23-10-6-5-8-14(23)12-21-19(25)26-20(2,3)4/h7,9,11,14H,5-6,8,10,12H2,1-4H3,(H,21,25). The first-order chi connectivity index (χ1) is 13.2. The monoisotopic (exact) mass is 421 g/mol. The minimum Gasteiger partial charge on any atom is -0.444 e. The van der Waals surface area contributed by atoms with Gasteiger partial charge in [-0.25, -0.2) is 9.78 Å². The van der Waals surface area contributed by atoms with Gasteiger partial charge in [-0.2, -0.15) is 0 Å². The van der Waals surface area contributed by atoms with Crippen molar-refractivity contribution in [3.8, 4) is 9.88 Å². The van der Waals surface area contributed by atoms with Gasteiger partial charge in [0.1, 0.15) is 15.5 Å². The molecule has 3 heterocycles. The Labute approximate surface area is 173 Å². The number of alkyl carbamates (subject to hydrolysis) is 1. The smallest absolute Gasteiger partial charge is 0.407 e. The van der Waals surface area contributed by atoms with E-state index >= 15 is 0 Å². The summed E-state index contributed by atoms with van der Waals surface area (Å²) < 4.78 is 5.31. The van der Waals surface area contributed by atoms with Crippen LogP contribution >= 0.6 is 22.7 Å². The number of aryl methyl sites for hydroxylation is 1. The molecular formula is C20H27N3O3S2. The Kier molecular flexibility index (Phi) is 6.40. The van der Waals surface area contributed by atoms with E-state index in [1.807, 2.05) is 50.1 Å². The van der Waals surface area contributed by atoms with Gasteiger partial charge in [-0.1, -0.05) is 6.07 Å². The maximum absolute atomic E-state index is 13.2. The first-order valence-corrected chi connectivity index (χ1v) is 11.2. The number of carbonyl (C=O) groups is 2. The number of amides is 2. The molecule has 6 nitrogen and oxygen atoms in total. The number of carbonyl (C=O) groups excluding carboxylic acids is 2. The average Bonchev–Trinajstić information content (AvgIpc) is 3.27. The second-order valence-electron chi connectivity index (χ2n) is 7.94. The maximum Gasteiger partial charge on any atom is 0.407 e. The first-order valence-electron chi connectivity index (χ1n) is 9.54. The quantitative estimate of drug-likeness (QED) is 0.777. The number of piperidine rings is 1. The molecule has 0 aliphatic carbocycles. The van der Waals surface area contributed by atoms with Crippen molar-refractivity contribution in [1.82, 2.24) is 15.2 Å². The summed E-state index contributed by atoms with van der Waals surface area (Å²) in [6.07, 6.45) is 2.45. The van der Waals surface area contributed by atoms with E-state index in [0.29, 0.717) is 18.0 Å². The summed E-state index contributed by atoms with van der Waals surface area (Å²) in [6.45, 7) is 8.49. The average molecular weight is 422 g/mol. The molecule has 0 spiro atoms. The van der Waals surface area contributed by atoms with Gasteiger partial charge in [-0.05, 0) is 58.4 Å². The Balaban J connectivity index is 1.70. The normalized spacial score (nSPS) is 17.4. The Morgan fingerprint density at radius 3 is 2.82 bits per heavy atom. The molecule has 1 fully saturated rings. The number of hydrogen-bond donors (Lipinski definition) is 1. The number of thiophene rings is 1. The molecule has 1 saturated heterocycles. The van der Waals surface area contributed by atoms with Crippen LogP contribution in [0.2, 0.25) is 0 Å². The number of hydrogen-bond acceptors (Lipinski definition) is 6. The molecule has 1 N–H and O–H groups in total. The summed E-state index contributed by atoms with van der Waals surface area (Å²) in [5, 5.41) is 5.72. The van der Waals surface area contributed by atoms with Crippen LogP contribution in [0.15, 0.2) is 17.5 Å². The number of rotatable bonds is 4. The highest BCUT2D eigenvalue weighted by Gasteiger charge is 2.30. The molecular weight excluding hydrogens is 394 g/mol. The fourth-order valence-corrected chi connectivity index (χ4v) is 5.05. The fourth-order valence-electron chi connectivity index (χ4n) is 3.23. The van der Waals surface area contributed by atoms with Gasteiger partial charge in [0.15, 0.2) is 0 Å². The Morgan fingerprint density at radius 1 is 1.36 bits per heavy atom. The largest absolute Gasteiger partial charge is 0.444 e. The molecule has 8 heteroatoms. The van der Waals surface area contributed by atoms with E-state index in [2.05, 4.69) is 10.3 Å². The van der Waals surface area contributed by atoms with Crippen molar-refractivity contribution in [2.24, 2.45) is 0 Å². The molecule has 0 saturated carbocycles. The van der Waals surface area contributed by atoms with Crippen molar-refractivity contribution < 1.29 is 14.3 Å². The summed E-state index contributed by atoms with van der Waals surface area (Å²) in [6, 6.07) is 3.98. The van der Waals surface area contributed by atoms with E-state index in [1.54, 1.807) is 11.3 Å². The van der Waals surface area contributed by atoms with Gasteiger partial charge in [0.25, 0.3) is 5.91 Å². The van der Waals surface area contributed by atoms with Crippen molar-refractivity contribution in [3.05, 3.63) is 28.1 Å². The van der Waals surface area contributed by atoms with Crippen LogP contribution in [-0.4, -0.2) is 46.6 Å². The van der Waals surface area contributed by atoms with Crippen LogP contribution in [0.4, 0.5) is 4.79 Å². The zero-order valence-electron chi connectivity index (χ0n) is 16.8. The fraction of sp³-hybridized carbons (Fsp3) is 0.550. The number of ether oxygens (including phenoxy) is 1. The van der Waals surface area contributed by atoms with Crippen LogP contribution in [0, 0.1) is 6.92 Å². The number of thiazole rings is 1. The molecule has 1 atom stereocenters. The zero-order chi connectivity index (χ0) is 20.3. The molecule has 2 amide bonds. The molecule has 152 valence electrons. The lowest BCUT2D eigenvalue weighted by Gasteiger charge is -2.35. The van der Waals surface area contributed by atoms with Crippen LogP contribution in [0.5, 0.6) is 0 Å². The van der Waals surface area contributed by atoms with Crippen LogP contribution in [0.25, 0.3) is 9.88 Å². The number of nitrogens with zero attached hydrogens (tertiary/aromatic N) is 2. The van der Waals surface area contributed by atoms with Crippen molar-refractivity contribution in [2.75, 3.05) is 13.1 Å². The van der Waals surface area contributed by atoms with Gasteiger partial charge < -0.3 is 15.0 Å². The van der Waals surface area contributed by atoms with Crippen molar-refractivity contribution >= 4 is 34.7 Å². The van der Waals surface area contributed by atoms with Crippen LogP contribution < -0.4 is 5.32 Å². The summed E-state index contributed by atoms with van der Waals surface area (Å²) in [5.74, 6) is 0.00787. The van der Waals surface area contributed by atoms with E-state index in [0.717, 1.165) is 34.8 Å². The molecule has 1 aliphatic rings. The highest BCUT2D eigenvalue weighted by atomic mass is 32.1. The van der Waals surface area contributed by atoms with E-state index < -0.39 is 11.7 Å². The van der Waals surface area contributed by atoms with Gasteiger partial charge in [-0.3, -0.25) is 4.79 Å². The van der Waals surface area contributed by atoms with Gasteiger partial charge in [-0.15, -0.1) is 22.7 Å². The third-order valence-corrected chi connectivity index (χ3v) is 6.68. The molecule has 0 radical (unpaired) electrons. The van der Waals surface area contributed by atoms with Gasteiger partial charge in [0.05, 0.1) is 10.6 Å². The molecule has 3 rings (SSSR count). The van der Waals surface area contributed by atoms with Gasteiger partial charge in [0, 0.05) is 19.1 Å². The maximum atomic E-state index is 13.2. The molecule has 0 bridgehead atoms. The van der Waals surface area contributed by atoms with E-state index in [4.69, 9.17) is 4.74 Å². The lowest BCUT2D eigenvalue weighted by Crippen LogP contribution is -2.50. The highest BCUT2D eigenvalue weighted by Crippen LogP contribution is 2.32. The van der Waals surface area contributed by atoms with Crippen LogP contribution in [0.1, 0.15) is 55.4 Å². The topological polar surface area (TPSA) is 71.5 Å². The minimum absolute atomic E-state index is 0.00787. The number of likely N-dealkylation sites (tertiary alicyclic amines) is 1. The lowest BCUT2D eigenvalue weighted by atomic mass is 10.0. The highest BCUT2D eigenvalue weighted by molar-refractivity contribution is 7.22. The number of nitrogens with one attached hydrogen (secondary N) is 1. The summed E-state index contributed by atoms with van der Waals surface area (Å²) >= 11 is 3.07. The van der Waals surface area contributed by atoms with Crippen LogP contribution in [0.3, 0.4) is 0 Å². The third-order valence-electron chi connectivity index (χ3n) is 4.49. The molecule has 2 aromatic rings. The predicted octanol–water partition coefficient (Wildman–Crippen LogP) is 4.70. The minimum atomic E-state index is -0.538. The lowest BCUT2D eigenvalue weighted by molar-refractivity contribution is 0.0463. The Bertz CT molecular complexity index is 824. The second-order valence-corrected chi connectivity index (χ2v) is 9.89. The van der Waals surface area contributed by atoms with Crippen molar-refractivity contribution in [2.45, 2.75) is 58.6 Å². The summed E-state index contributed by atoms with van der Waals surface area (Å²) in [5.41, 5.74) is 0.229. The van der Waals surface area contributed by atoms with Crippen molar-refractivity contribution in [1.29, 1.82) is 0 Å². The Hall–Kier alpha value is -1.93. The van der Waals surface area contributed by atoms with E-state index in [-0.39, 0.29) is 11.9 Å². The molecule has 0 aromatic carbocycles. The first kappa shape index (κ1) is 20.8.